The first-order chi connectivity index (χ1) is 8.18. The maximum Gasteiger partial charge on any atom is 0.106 e. The van der Waals surface area contributed by atoms with Crippen LogP contribution in [0.4, 0.5) is 0 Å². The first kappa shape index (κ1) is 12.3. The van der Waals surface area contributed by atoms with E-state index in [1.165, 1.54) is 0 Å². The molecule has 1 aromatic heterocycles. The summed E-state index contributed by atoms with van der Waals surface area (Å²) in [5, 5.41) is 10.3. The number of rotatable bonds is 3. The minimum atomic E-state index is -0.530. The topological polar surface area (TPSA) is 33.1 Å². The van der Waals surface area contributed by atoms with Gasteiger partial charge in [0, 0.05) is 11.6 Å². The number of nitrogens with zero attached hydrogens (tertiary/aromatic N) is 1. The van der Waals surface area contributed by atoms with E-state index < -0.39 is 6.10 Å². The molecule has 2 nitrogen and oxygen atoms in total. The van der Waals surface area contributed by atoms with E-state index in [2.05, 4.69) is 20.9 Å². The van der Waals surface area contributed by atoms with E-state index in [4.69, 9.17) is 0 Å². The Morgan fingerprint density at radius 2 is 1.76 bits per heavy atom. The average molecular weight is 292 g/mol. The third-order valence-electron chi connectivity index (χ3n) is 2.82. The molecule has 1 heterocycles. The van der Waals surface area contributed by atoms with E-state index in [1.54, 1.807) is 0 Å². The lowest BCUT2D eigenvalue weighted by molar-refractivity contribution is 0.150. The lowest BCUT2D eigenvalue weighted by Gasteiger charge is -2.18. The third-order valence-corrected chi connectivity index (χ3v) is 3.26. The molecular weight excluding hydrogens is 278 g/mol. The summed E-state index contributed by atoms with van der Waals surface area (Å²) in [4.78, 5) is 4.38. The Kier molecular flexibility index (Phi) is 3.92. The van der Waals surface area contributed by atoms with E-state index in [0.717, 1.165) is 15.9 Å². The summed E-state index contributed by atoms with van der Waals surface area (Å²) in [5.41, 5.74) is 1.80. The third kappa shape index (κ3) is 2.93. The van der Waals surface area contributed by atoms with Crippen molar-refractivity contribution in [3.8, 4) is 0 Å². The summed E-state index contributed by atoms with van der Waals surface area (Å²) in [7, 11) is 0. The number of benzene rings is 1. The molecule has 1 aromatic carbocycles. The van der Waals surface area contributed by atoms with Crippen LogP contribution in [0.5, 0.6) is 0 Å². The molecule has 2 aromatic rings. The normalized spacial score (nSPS) is 14.3. The summed E-state index contributed by atoms with van der Waals surface area (Å²) in [6.45, 7) is 1.98. The van der Waals surface area contributed by atoms with Crippen molar-refractivity contribution in [1.29, 1.82) is 0 Å². The van der Waals surface area contributed by atoms with Crippen molar-refractivity contribution >= 4 is 15.9 Å². The van der Waals surface area contributed by atoms with Crippen LogP contribution in [0.25, 0.3) is 0 Å². The summed E-state index contributed by atoms with van der Waals surface area (Å²) in [6, 6.07) is 15.4. The molecule has 0 bridgehead atoms. The predicted octanol–water partition coefficient (Wildman–Crippen LogP) is 3.68. The highest BCUT2D eigenvalue weighted by Gasteiger charge is 2.19. The molecule has 0 spiro atoms. The standard InChI is InChI=1S/C14H14BrNO/c1-10(12-8-5-9-13(15)16-12)14(17)11-6-3-2-4-7-11/h2-10,14,17H,1H3/t10-,14+/m1/s1. The van der Waals surface area contributed by atoms with Crippen LogP contribution in [0.3, 0.4) is 0 Å². The first-order valence-corrected chi connectivity index (χ1v) is 6.33. The van der Waals surface area contributed by atoms with Gasteiger partial charge in [-0.1, -0.05) is 43.3 Å². The Balaban J connectivity index is 2.23. The van der Waals surface area contributed by atoms with Crippen molar-refractivity contribution in [2.45, 2.75) is 18.9 Å². The Morgan fingerprint density at radius 3 is 2.41 bits per heavy atom. The molecule has 0 aliphatic heterocycles. The van der Waals surface area contributed by atoms with Crippen LogP contribution in [0.2, 0.25) is 0 Å². The minimum absolute atomic E-state index is 0.0325. The fourth-order valence-corrected chi connectivity index (χ4v) is 2.14. The lowest BCUT2D eigenvalue weighted by atomic mass is 9.94. The van der Waals surface area contributed by atoms with Crippen molar-refractivity contribution in [1.82, 2.24) is 4.98 Å². The van der Waals surface area contributed by atoms with Crippen molar-refractivity contribution < 1.29 is 5.11 Å². The van der Waals surface area contributed by atoms with Gasteiger partial charge in [0.2, 0.25) is 0 Å². The number of pyridine rings is 1. The molecule has 0 radical (unpaired) electrons. The molecule has 0 saturated carbocycles. The second-order valence-corrected chi connectivity index (χ2v) is 4.84. The number of hydrogen-bond acceptors (Lipinski definition) is 2. The van der Waals surface area contributed by atoms with Gasteiger partial charge in [-0.25, -0.2) is 4.98 Å². The maximum absolute atomic E-state index is 10.3. The monoisotopic (exact) mass is 291 g/mol. The summed E-state index contributed by atoms with van der Waals surface area (Å²) < 4.78 is 0.794. The molecule has 17 heavy (non-hydrogen) atoms. The second kappa shape index (κ2) is 5.43. The molecule has 3 heteroatoms. The SMILES string of the molecule is C[C@H](c1cccc(Br)n1)[C@H](O)c1ccccc1. The van der Waals surface area contributed by atoms with E-state index in [1.807, 2.05) is 55.5 Å². The molecule has 0 fully saturated rings. The largest absolute Gasteiger partial charge is 0.388 e. The fraction of sp³-hybridized carbons (Fsp3) is 0.214. The van der Waals surface area contributed by atoms with Crippen molar-refractivity contribution in [2.24, 2.45) is 0 Å². The zero-order valence-corrected chi connectivity index (χ0v) is 11.1. The minimum Gasteiger partial charge on any atom is -0.388 e. The molecule has 0 saturated heterocycles. The number of hydrogen-bond donors (Lipinski definition) is 1. The lowest BCUT2D eigenvalue weighted by Crippen LogP contribution is -2.09. The van der Waals surface area contributed by atoms with Crippen LogP contribution in [-0.2, 0) is 0 Å². The average Bonchev–Trinajstić information content (AvgIpc) is 2.38. The van der Waals surface area contributed by atoms with Crippen LogP contribution in [0.15, 0.2) is 53.1 Å². The molecule has 88 valence electrons. The fourth-order valence-electron chi connectivity index (χ4n) is 1.78. The zero-order valence-electron chi connectivity index (χ0n) is 9.55. The summed E-state index contributed by atoms with van der Waals surface area (Å²) in [5.74, 6) is -0.0325. The van der Waals surface area contributed by atoms with Crippen LogP contribution in [-0.4, -0.2) is 10.1 Å². The number of halogens is 1. The van der Waals surface area contributed by atoms with Gasteiger partial charge in [-0.15, -0.1) is 0 Å². The van der Waals surface area contributed by atoms with E-state index in [9.17, 15) is 5.11 Å². The van der Waals surface area contributed by atoms with E-state index >= 15 is 0 Å². The van der Waals surface area contributed by atoms with Gasteiger partial charge in [0.1, 0.15) is 4.60 Å². The molecule has 0 amide bonds. The first-order valence-electron chi connectivity index (χ1n) is 5.54. The Morgan fingerprint density at radius 1 is 1.06 bits per heavy atom. The van der Waals surface area contributed by atoms with Gasteiger partial charge >= 0.3 is 0 Å². The number of aliphatic hydroxyl groups excluding tert-OH is 1. The van der Waals surface area contributed by atoms with Gasteiger partial charge in [-0.3, -0.25) is 0 Å². The number of aromatic nitrogens is 1. The summed E-state index contributed by atoms with van der Waals surface area (Å²) in [6.07, 6.45) is -0.530. The predicted molar refractivity (Wildman–Crippen MR) is 71.8 cm³/mol. The van der Waals surface area contributed by atoms with Crippen LogP contribution >= 0.6 is 15.9 Å². The smallest absolute Gasteiger partial charge is 0.106 e. The Hall–Kier alpha value is -1.19. The van der Waals surface area contributed by atoms with Gasteiger partial charge in [0.25, 0.3) is 0 Å². The Bertz CT molecular complexity index is 487. The highest BCUT2D eigenvalue weighted by molar-refractivity contribution is 9.10. The van der Waals surface area contributed by atoms with Crippen molar-refractivity contribution in [2.75, 3.05) is 0 Å². The van der Waals surface area contributed by atoms with Crippen LogP contribution in [0.1, 0.15) is 30.2 Å². The molecular formula is C14H14BrNO. The highest BCUT2D eigenvalue weighted by Crippen LogP contribution is 2.29. The van der Waals surface area contributed by atoms with Crippen molar-refractivity contribution in [3.63, 3.8) is 0 Å². The van der Waals surface area contributed by atoms with E-state index in [0.29, 0.717) is 0 Å². The van der Waals surface area contributed by atoms with Crippen molar-refractivity contribution in [3.05, 3.63) is 64.4 Å². The molecule has 1 N–H and O–H groups in total. The summed E-state index contributed by atoms with van der Waals surface area (Å²) >= 11 is 3.34. The van der Waals surface area contributed by atoms with Gasteiger partial charge in [-0.2, -0.15) is 0 Å². The van der Waals surface area contributed by atoms with Crippen LogP contribution in [0, 0.1) is 0 Å². The van der Waals surface area contributed by atoms with Gasteiger partial charge in [-0.05, 0) is 33.6 Å². The molecule has 0 unspecified atom stereocenters. The molecule has 2 rings (SSSR count). The van der Waals surface area contributed by atoms with Gasteiger partial charge in [0.05, 0.1) is 6.10 Å². The number of aliphatic hydroxyl groups is 1. The maximum atomic E-state index is 10.3. The Labute approximate surface area is 109 Å². The van der Waals surface area contributed by atoms with E-state index in [-0.39, 0.29) is 5.92 Å². The van der Waals surface area contributed by atoms with Crippen LogP contribution < -0.4 is 0 Å². The van der Waals surface area contributed by atoms with Gasteiger partial charge in [0.15, 0.2) is 0 Å². The highest BCUT2D eigenvalue weighted by atomic mass is 79.9. The van der Waals surface area contributed by atoms with Gasteiger partial charge < -0.3 is 5.11 Å². The second-order valence-electron chi connectivity index (χ2n) is 4.03. The quantitative estimate of drug-likeness (QED) is 0.875. The molecule has 0 aliphatic carbocycles. The molecule has 0 aliphatic rings. The molecule has 2 atom stereocenters. The zero-order chi connectivity index (χ0) is 12.3.